The van der Waals surface area contributed by atoms with E-state index in [0.717, 1.165) is 38.4 Å². The molecule has 2 aliphatic rings. The number of piperidine rings is 1. The van der Waals surface area contributed by atoms with Crippen molar-refractivity contribution < 1.29 is 14.6 Å². The monoisotopic (exact) mass is 256 g/mol. The van der Waals surface area contributed by atoms with E-state index in [2.05, 4.69) is 10.2 Å². The minimum Gasteiger partial charge on any atom is -0.394 e. The molecule has 0 aromatic heterocycles. The van der Waals surface area contributed by atoms with Crippen LogP contribution in [-0.2, 0) is 9.53 Å². The van der Waals surface area contributed by atoms with Gasteiger partial charge in [-0.2, -0.15) is 0 Å². The summed E-state index contributed by atoms with van der Waals surface area (Å²) in [5.74, 6) is 0.892. The molecule has 0 unspecified atom stereocenters. The Morgan fingerprint density at radius 3 is 2.61 bits per heavy atom. The average Bonchev–Trinajstić information content (AvgIpc) is 3.20. The van der Waals surface area contributed by atoms with Gasteiger partial charge in [0.05, 0.1) is 25.9 Å². The van der Waals surface area contributed by atoms with Crippen LogP contribution in [-0.4, -0.2) is 61.4 Å². The fourth-order valence-electron chi connectivity index (χ4n) is 2.29. The number of nitrogens with one attached hydrogen (secondary N) is 1. The molecule has 1 saturated carbocycles. The van der Waals surface area contributed by atoms with E-state index < -0.39 is 0 Å². The predicted molar refractivity (Wildman–Crippen MR) is 68.2 cm³/mol. The van der Waals surface area contributed by atoms with Gasteiger partial charge in [-0.05, 0) is 31.6 Å². The van der Waals surface area contributed by atoms with Gasteiger partial charge < -0.3 is 15.2 Å². The fourth-order valence-corrected chi connectivity index (χ4v) is 2.29. The molecule has 2 fully saturated rings. The molecule has 0 atom stereocenters. The molecule has 2 rings (SSSR count). The summed E-state index contributed by atoms with van der Waals surface area (Å²) in [7, 11) is 0. The molecule has 1 aliphatic heterocycles. The molecule has 104 valence electrons. The second-order valence-corrected chi connectivity index (χ2v) is 5.32. The molecule has 1 saturated heterocycles. The number of hydrogen-bond donors (Lipinski definition) is 2. The second-order valence-electron chi connectivity index (χ2n) is 5.32. The molecule has 0 spiro atoms. The Morgan fingerprint density at radius 1 is 1.28 bits per heavy atom. The SMILES string of the molecule is O=C(CN1CCC(OCCO)CC1)NCC1CC1. The number of hydrogen-bond acceptors (Lipinski definition) is 4. The van der Waals surface area contributed by atoms with Crippen LogP contribution in [0.15, 0.2) is 0 Å². The van der Waals surface area contributed by atoms with E-state index in [9.17, 15) is 4.79 Å². The van der Waals surface area contributed by atoms with Crippen LogP contribution < -0.4 is 5.32 Å². The van der Waals surface area contributed by atoms with Crippen molar-refractivity contribution in [1.29, 1.82) is 0 Å². The normalized spacial score (nSPS) is 22.1. The van der Waals surface area contributed by atoms with Gasteiger partial charge in [0.15, 0.2) is 0 Å². The molecule has 0 aromatic carbocycles. The zero-order chi connectivity index (χ0) is 12.8. The van der Waals surface area contributed by atoms with Crippen molar-refractivity contribution in [3.8, 4) is 0 Å². The number of rotatable bonds is 7. The second kappa shape index (κ2) is 7.07. The molecule has 5 nitrogen and oxygen atoms in total. The van der Waals surface area contributed by atoms with E-state index in [4.69, 9.17) is 9.84 Å². The molecule has 1 heterocycles. The number of likely N-dealkylation sites (tertiary alicyclic amines) is 1. The fraction of sp³-hybridized carbons (Fsp3) is 0.923. The van der Waals surface area contributed by atoms with Crippen molar-refractivity contribution in [2.45, 2.75) is 31.8 Å². The zero-order valence-corrected chi connectivity index (χ0v) is 10.9. The highest BCUT2D eigenvalue weighted by molar-refractivity contribution is 5.78. The van der Waals surface area contributed by atoms with Gasteiger partial charge in [-0.25, -0.2) is 0 Å². The lowest BCUT2D eigenvalue weighted by atomic mass is 10.1. The molecular weight excluding hydrogens is 232 g/mol. The van der Waals surface area contributed by atoms with Crippen LogP contribution in [0.4, 0.5) is 0 Å². The number of carbonyl (C=O) groups excluding carboxylic acids is 1. The van der Waals surface area contributed by atoms with Gasteiger partial charge in [0.1, 0.15) is 0 Å². The Bertz CT molecular complexity index is 261. The third-order valence-electron chi connectivity index (χ3n) is 3.63. The number of ether oxygens (including phenoxy) is 1. The summed E-state index contributed by atoms with van der Waals surface area (Å²) >= 11 is 0. The van der Waals surface area contributed by atoms with Crippen LogP contribution in [0.2, 0.25) is 0 Å². The van der Waals surface area contributed by atoms with E-state index in [1.54, 1.807) is 0 Å². The van der Waals surface area contributed by atoms with Gasteiger partial charge in [-0.1, -0.05) is 0 Å². The quantitative estimate of drug-likeness (QED) is 0.672. The summed E-state index contributed by atoms with van der Waals surface area (Å²) in [5.41, 5.74) is 0. The Morgan fingerprint density at radius 2 is 2.00 bits per heavy atom. The maximum atomic E-state index is 11.7. The molecule has 0 aromatic rings. The summed E-state index contributed by atoms with van der Waals surface area (Å²) < 4.78 is 5.50. The van der Waals surface area contributed by atoms with E-state index in [0.29, 0.717) is 13.2 Å². The summed E-state index contributed by atoms with van der Waals surface area (Å²) in [4.78, 5) is 13.9. The third-order valence-corrected chi connectivity index (χ3v) is 3.63. The number of amides is 1. The van der Waals surface area contributed by atoms with Gasteiger partial charge in [0.2, 0.25) is 5.91 Å². The summed E-state index contributed by atoms with van der Waals surface area (Å²) in [6.45, 7) is 3.70. The van der Waals surface area contributed by atoms with Crippen LogP contribution in [0, 0.1) is 5.92 Å². The van der Waals surface area contributed by atoms with Crippen molar-refractivity contribution in [3.63, 3.8) is 0 Å². The third kappa shape index (κ3) is 4.92. The van der Waals surface area contributed by atoms with E-state index >= 15 is 0 Å². The lowest BCUT2D eigenvalue weighted by Gasteiger charge is -2.31. The average molecular weight is 256 g/mol. The van der Waals surface area contributed by atoms with Crippen LogP contribution in [0.3, 0.4) is 0 Å². The lowest BCUT2D eigenvalue weighted by Crippen LogP contribution is -2.43. The Hall–Kier alpha value is -0.650. The Kier molecular flexibility index (Phi) is 5.41. The van der Waals surface area contributed by atoms with Gasteiger partial charge in [0.25, 0.3) is 0 Å². The van der Waals surface area contributed by atoms with Crippen molar-refractivity contribution in [1.82, 2.24) is 10.2 Å². The summed E-state index contributed by atoms with van der Waals surface area (Å²) in [5, 5.41) is 11.7. The van der Waals surface area contributed by atoms with Gasteiger partial charge in [-0.15, -0.1) is 0 Å². The zero-order valence-electron chi connectivity index (χ0n) is 10.9. The molecule has 1 aliphatic carbocycles. The highest BCUT2D eigenvalue weighted by Gasteiger charge is 2.23. The molecule has 0 radical (unpaired) electrons. The Balaban J connectivity index is 1.55. The number of carbonyl (C=O) groups is 1. The molecule has 2 N–H and O–H groups in total. The summed E-state index contributed by atoms with van der Waals surface area (Å²) in [6, 6.07) is 0. The largest absolute Gasteiger partial charge is 0.394 e. The van der Waals surface area contributed by atoms with Gasteiger partial charge in [0, 0.05) is 19.6 Å². The first kappa shape index (κ1) is 13.8. The van der Waals surface area contributed by atoms with Crippen LogP contribution >= 0.6 is 0 Å². The molecule has 18 heavy (non-hydrogen) atoms. The standard InChI is InChI=1S/C13H24N2O3/c16-7-8-18-12-3-5-15(6-4-12)10-13(17)14-9-11-1-2-11/h11-12,16H,1-10H2,(H,14,17). The first-order valence-electron chi connectivity index (χ1n) is 6.99. The minimum absolute atomic E-state index is 0.0871. The van der Waals surface area contributed by atoms with Crippen LogP contribution in [0.1, 0.15) is 25.7 Å². The highest BCUT2D eigenvalue weighted by atomic mass is 16.5. The van der Waals surface area contributed by atoms with Gasteiger partial charge in [-0.3, -0.25) is 9.69 Å². The summed E-state index contributed by atoms with van der Waals surface area (Å²) in [6.07, 6.45) is 4.70. The van der Waals surface area contributed by atoms with Crippen molar-refractivity contribution in [3.05, 3.63) is 0 Å². The molecular formula is C13H24N2O3. The van der Waals surface area contributed by atoms with E-state index in [1.165, 1.54) is 12.8 Å². The van der Waals surface area contributed by atoms with Crippen molar-refractivity contribution in [2.24, 2.45) is 5.92 Å². The molecule has 0 bridgehead atoms. The number of aliphatic hydroxyl groups is 1. The van der Waals surface area contributed by atoms with E-state index in [-0.39, 0.29) is 18.6 Å². The minimum atomic E-state index is 0.0871. The van der Waals surface area contributed by atoms with Crippen molar-refractivity contribution >= 4 is 5.91 Å². The highest BCUT2D eigenvalue weighted by Crippen LogP contribution is 2.27. The predicted octanol–water partition coefficient (Wildman–Crippen LogP) is -0.0141. The first-order chi connectivity index (χ1) is 8.78. The van der Waals surface area contributed by atoms with Gasteiger partial charge >= 0.3 is 0 Å². The molecule has 1 amide bonds. The smallest absolute Gasteiger partial charge is 0.234 e. The maximum absolute atomic E-state index is 11.7. The molecule has 5 heteroatoms. The van der Waals surface area contributed by atoms with Crippen LogP contribution in [0.5, 0.6) is 0 Å². The topological polar surface area (TPSA) is 61.8 Å². The number of nitrogens with zero attached hydrogens (tertiary/aromatic N) is 1. The first-order valence-corrected chi connectivity index (χ1v) is 6.99. The van der Waals surface area contributed by atoms with Crippen molar-refractivity contribution in [2.75, 3.05) is 39.4 Å². The van der Waals surface area contributed by atoms with Crippen LogP contribution in [0.25, 0.3) is 0 Å². The number of aliphatic hydroxyl groups excluding tert-OH is 1. The Labute approximate surface area is 108 Å². The maximum Gasteiger partial charge on any atom is 0.234 e. The lowest BCUT2D eigenvalue weighted by molar-refractivity contribution is -0.123. The van der Waals surface area contributed by atoms with E-state index in [1.807, 2.05) is 0 Å².